The van der Waals surface area contributed by atoms with Crippen LogP contribution in [0.25, 0.3) is 10.4 Å². The lowest BCUT2D eigenvalue weighted by molar-refractivity contribution is -0.210. The van der Waals surface area contributed by atoms with Crippen LogP contribution in [0.1, 0.15) is 16.7 Å². The van der Waals surface area contributed by atoms with Gasteiger partial charge in [-0.3, -0.25) is 0 Å². The van der Waals surface area contributed by atoms with Crippen LogP contribution in [-0.2, 0) is 38.8 Å². The third-order valence-corrected chi connectivity index (χ3v) is 6.51. The molecule has 0 N–H and O–H groups in total. The van der Waals surface area contributed by atoms with Crippen molar-refractivity contribution in [2.24, 2.45) is 5.11 Å². The van der Waals surface area contributed by atoms with Gasteiger partial charge < -0.3 is 18.9 Å². The molecule has 1 fully saturated rings. The number of alkyl halides is 1. The molecule has 7 nitrogen and oxygen atoms in total. The SMILES string of the molecule is [N-]=[N+]=N[C@@H]1[C@@H](OCc2ccccc2)[C@@H](OCc2ccccc2)[C@@H](COCc2ccccc2)O[C@@H]1Br. The van der Waals surface area contributed by atoms with Gasteiger partial charge in [0.2, 0.25) is 0 Å². The van der Waals surface area contributed by atoms with Gasteiger partial charge in [-0.1, -0.05) is 112 Å². The predicted molar refractivity (Wildman–Crippen MR) is 137 cm³/mol. The lowest BCUT2D eigenvalue weighted by Crippen LogP contribution is -2.58. The third-order valence-electron chi connectivity index (χ3n) is 5.75. The summed E-state index contributed by atoms with van der Waals surface area (Å²) in [5, 5.41) is 3.45. The van der Waals surface area contributed by atoms with Crippen molar-refractivity contribution in [1.29, 1.82) is 0 Å². The van der Waals surface area contributed by atoms with Crippen molar-refractivity contribution in [2.75, 3.05) is 6.61 Å². The molecule has 0 unspecified atom stereocenters. The number of nitrogens with zero attached hydrogens (tertiary/aromatic N) is 3. The van der Waals surface area contributed by atoms with Crippen LogP contribution >= 0.6 is 15.9 Å². The van der Waals surface area contributed by atoms with Gasteiger partial charge in [-0.15, -0.1) is 0 Å². The average molecular weight is 538 g/mol. The number of azide groups is 1. The standard InChI is InChI=1S/C27H28BrN3O4/c28-27-24(30-31-29)26(34-18-22-14-8-3-9-15-22)25(33-17-21-12-6-2-7-13-21)23(35-27)19-32-16-20-10-4-1-5-11-20/h1-15,23-27H,16-19H2/t23-,24-,25+,26-,27+/m1/s1. The second-order valence-electron chi connectivity index (χ2n) is 8.24. The summed E-state index contributed by atoms with van der Waals surface area (Å²) in [7, 11) is 0. The van der Waals surface area contributed by atoms with Gasteiger partial charge in [-0.2, -0.15) is 0 Å². The molecule has 0 aliphatic carbocycles. The van der Waals surface area contributed by atoms with Gasteiger partial charge in [0.1, 0.15) is 23.3 Å². The lowest BCUT2D eigenvalue weighted by Gasteiger charge is -2.43. The van der Waals surface area contributed by atoms with E-state index in [9.17, 15) is 5.53 Å². The van der Waals surface area contributed by atoms with Crippen LogP contribution in [0.15, 0.2) is 96.1 Å². The summed E-state index contributed by atoms with van der Waals surface area (Å²) >= 11 is 3.55. The Morgan fingerprint density at radius 3 is 1.74 bits per heavy atom. The van der Waals surface area contributed by atoms with Crippen LogP contribution in [0.5, 0.6) is 0 Å². The largest absolute Gasteiger partial charge is 0.374 e. The first kappa shape index (κ1) is 25.4. The zero-order valence-corrected chi connectivity index (χ0v) is 20.8. The maximum Gasteiger partial charge on any atom is 0.124 e. The molecule has 3 aromatic rings. The predicted octanol–water partition coefficient (Wildman–Crippen LogP) is 6.17. The molecule has 1 heterocycles. The summed E-state index contributed by atoms with van der Waals surface area (Å²) in [6, 6.07) is 29.1. The first-order valence-electron chi connectivity index (χ1n) is 11.5. The fourth-order valence-corrected chi connectivity index (χ4v) is 4.67. The highest BCUT2D eigenvalue weighted by atomic mass is 79.9. The topological polar surface area (TPSA) is 85.7 Å². The van der Waals surface area contributed by atoms with Crippen LogP contribution < -0.4 is 0 Å². The summed E-state index contributed by atoms with van der Waals surface area (Å²) in [6.07, 6.45) is -1.49. The number of benzene rings is 3. The van der Waals surface area contributed by atoms with E-state index in [-0.39, 0.29) is 0 Å². The number of rotatable bonds is 11. The monoisotopic (exact) mass is 537 g/mol. The normalized spacial score (nSPS) is 24.0. The Morgan fingerprint density at radius 2 is 1.23 bits per heavy atom. The van der Waals surface area contributed by atoms with Crippen LogP contribution in [0.3, 0.4) is 0 Å². The fourth-order valence-electron chi connectivity index (χ4n) is 3.99. The van der Waals surface area contributed by atoms with Crippen LogP contribution in [0, 0.1) is 0 Å². The number of ether oxygens (including phenoxy) is 4. The molecule has 0 spiro atoms. The highest BCUT2D eigenvalue weighted by Gasteiger charge is 2.46. The van der Waals surface area contributed by atoms with Crippen molar-refractivity contribution in [3.8, 4) is 0 Å². The molecule has 4 rings (SSSR count). The summed E-state index contributed by atoms with van der Waals surface area (Å²) in [6.45, 7) is 1.47. The van der Waals surface area contributed by atoms with E-state index in [0.29, 0.717) is 26.4 Å². The van der Waals surface area contributed by atoms with E-state index < -0.39 is 29.4 Å². The number of halogens is 1. The van der Waals surface area contributed by atoms with Gasteiger partial charge in [-0.05, 0) is 22.2 Å². The Hall–Kier alpha value is -2.71. The minimum Gasteiger partial charge on any atom is -0.374 e. The van der Waals surface area contributed by atoms with Crippen LogP contribution in [-0.4, -0.2) is 36.0 Å². The molecule has 0 radical (unpaired) electrons. The van der Waals surface area contributed by atoms with Crippen molar-refractivity contribution in [1.82, 2.24) is 0 Å². The van der Waals surface area contributed by atoms with Crippen molar-refractivity contribution in [2.45, 2.75) is 49.2 Å². The molecular formula is C27H28BrN3O4. The fraction of sp³-hybridized carbons (Fsp3) is 0.333. The second-order valence-corrected chi connectivity index (χ2v) is 9.15. The van der Waals surface area contributed by atoms with Crippen molar-refractivity contribution < 1.29 is 18.9 Å². The zero-order valence-electron chi connectivity index (χ0n) is 19.2. The van der Waals surface area contributed by atoms with Crippen LogP contribution in [0.4, 0.5) is 0 Å². The minimum absolute atomic E-state index is 0.296. The Balaban J connectivity index is 1.52. The van der Waals surface area contributed by atoms with Gasteiger partial charge in [0.15, 0.2) is 0 Å². The van der Waals surface area contributed by atoms with E-state index in [1.807, 2.05) is 91.0 Å². The Kier molecular flexibility index (Phi) is 9.72. The van der Waals surface area contributed by atoms with Crippen molar-refractivity contribution in [3.63, 3.8) is 0 Å². The summed E-state index contributed by atoms with van der Waals surface area (Å²) in [5.41, 5.74) is 12.3. The van der Waals surface area contributed by atoms with Gasteiger partial charge in [0, 0.05) is 4.91 Å². The Labute approximate surface area is 213 Å². The summed E-state index contributed by atoms with van der Waals surface area (Å²) < 4.78 is 24.9. The highest BCUT2D eigenvalue weighted by molar-refractivity contribution is 9.09. The molecule has 35 heavy (non-hydrogen) atoms. The van der Waals surface area contributed by atoms with Gasteiger partial charge in [0.25, 0.3) is 0 Å². The van der Waals surface area contributed by atoms with E-state index in [1.54, 1.807) is 0 Å². The van der Waals surface area contributed by atoms with Gasteiger partial charge in [-0.25, -0.2) is 0 Å². The Morgan fingerprint density at radius 1 is 0.743 bits per heavy atom. The van der Waals surface area contributed by atoms with E-state index in [0.717, 1.165) is 16.7 Å². The third kappa shape index (κ3) is 7.39. The maximum absolute atomic E-state index is 9.23. The van der Waals surface area contributed by atoms with E-state index >= 15 is 0 Å². The number of hydrogen-bond acceptors (Lipinski definition) is 5. The molecule has 5 atom stereocenters. The number of hydrogen-bond donors (Lipinski definition) is 0. The molecule has 182 valence electrons. The van der Waals surface area contributed by atoms with E-state index in [2.05, 4.69) is 26.0 Å². The van der Waals surface area contributed by atoms with Crippen molar-refractivity contribution in [3.05, 3.63) is 118 Å². The quantitative estimate of drug-likeness (QED) is 0.126. The van der Waals surface area contributed by atoms with Crippen molar-refractivity contribution >= 4 is 15.9 Å². The molecule has 1 saturated heterocycles. The molecule has 0 amide bonds. The molecule has 0 bridgehead atoms. The highest BCUT2D eigenvalue weighted by Crippen LogP contribution is 2.32. The minimum atomic E-state index is -0.616. The zero-order chi connectivity index (χ0) is 24.3. The maximum atomic E-state index is 9.23. The first-order valence-corrected chi connectivity index (χ1v) is 12.4. The second kappa shape index (κ2) is 13.4. The molecule has 3 aromatic carbocycles. The molecule has 0 saturated carbocycles. The van der Waals surface area contributed by atoms with Gasteiger partial charge >= 0.3 is 0 Å². The molecule has 1 aliphatic rings. The average Bonchev–Trinajstić information content (AvgIpc) is 2.90. The Bertz CT molecular complexity index is 1070. The molecule has 1 aliphatic heterocycles. The van der Waals surface area contributed by atoms with E-state index in [1.165, 1.54) is 0 Å². The lowest BCUT2D eigenvalue weighted by atomic mass is 9.98. The van der Waals surface area contributed by atoms with Gasteiger partial charge in [0.05, 0.1) is 32.5 Å². The smallest absolute Gasteiger partial charge is 0.124 e. The van der Waals surface area contributed by atoms with Crippen LogP contribution in [0.2, 0.25) is 0 Å². The molecular weight excluding hydrogens is 510 g/mol. The van der Waals surface area contributed by atoms with E-state index in [4.69, 9.17) is 18.9 Å². The summed E-state index contributed by atoms with van der Waals surface area (Å²) in [4.78, 5) is 3.04. The molecule has 0 aromatic heterocycles. The first-order chi connectivity index (χ1) is 17.2. The summed E-state index contributed by atoms with van der Waals surface area (Å²) in [5.74, 6) is 0. The molecule has 8 heteroatoms.